The second-order valence-electron chi connectivity index (χ2n) is 4.65. The van der Waals surface area contributed by atoms with Crippen molar-refractivity contribution >= 4 is 5.97 Å². The van der Waals surface area contributed by atoms with E-state index in [1.54, 1.807) is 0 Å². The predicted molar refractivity (Wildman–Crippen MR) is 70.5 cm³/mol. The number of carbonyl (C=O) groups is 1. The highest BCUT2D eigenvalue weighted by Crippen LogP contribution is 2.15. The molecule has 0 aliphatic carbocycles. The van der Waals surface area contributed by atoms with Gasteiger partial charge >= 0.3 is 5.97 Å². The van der Waals surface area contributed by atoms with Crippen molar-refractivity contribution in [3.63, 3.8) is 0 Å². The molecule has 0 amide bonds. The highest BCUT2D eigenvalue weighted by Gasteiger charge is 2.28. The van der Waals surface area contributed by atoms with Gasteiger partial charge in [0.05, 0.1) is 0 Å². The molecule has 0 radical (unpaired) electrons. The minimum Gasteiger partial charge on any atom is -0.480 e. The first-order chi connectivity index (χ1) is 8.72. The minimum absolute atomic E-state index is 0.413. The Morgan fingerprint density at radius 3 is 2.83 bits per heavy atom. The minimum atomic E-state index is -0.740. The van der Waals surface area contributed by atoms with E-state index in [4.69, 9.17) is 0 Å². The van der Waals surface area contributed by atoms with Gasteiger partial charge in [0.25, 0.3) is 0 Å². The number of nitrogens with one attached hydrogen (secondary N) is 1. The molecule has 1 fully saturated rings. The van der Waals surface area contributed by atoms with Crippen LogP contribution in [0.15, 0.2) is 24.3 Å². The summed E-state index contributed by atoms with van der Waals surface area (Å²) in [4.78, 5) is 13.3. The summed E-state index contributed by atoms with van der Waals surface area (Å²) in [5, 5.41) is 12.4. The van der Waals surface area contributed by atoms with Crippen LogP contribution in [0.1, 0.15) is 18.1 Å². The zero-order chi connectivity index (χ0) is 13.0. The van der Waals surface area contributed by atoms with E-state index in [9.17, 15) is 9.90 Å². The number of aryl methyl sites for hydroxylation is 1. The molecular formula is C14H20N2O2. The van der Waals surface area contributed by atoms with Gasteiger partial charge in [-0.3, -0.25) is 9.69 Å². The van der Waals surface area contributed by atoms with Gasteiger partial charge in [-0.15, -0.1) is 0 Å². The average Bonchev–Trinajstić information content (AvgIpc) is 2.40. The molecule has 4 nitrogen and oxygen atoms in total. The zero-order valence-electron chi connectivity index (χ0n) is 10.7. The van der Waals surface area contributed by atoms with Crippen LogP contribution in [0.3, 0.4) is 0 Å². The van der Waals surface area contributed by atoms with E-state index < -0.39 is 12.0 Å². The molecule has 1 atom stereocenters. The van der Waals surface area contributed by atoms with Gasteiger partial charge in [-0.25, -0.2) is 0 Å². The van der Waals surface area contributed by atoms with Crippen LogP contribution in [0, 0.1) is 0 Å². The largest absolute Gasteiger partial charge is 0.480 e. The number of rotatable bonds is 4. The number of hydrogen-bond donors (Lipinski definition) is 2. The van der Waals surface area contributed by atoms with Crippen LogP contribution in [0.5, 0.6) is 0 Å². The molecule has 1 aliphatic heterocycles. The fraction of sp³-hybridized carbons (Fsp3) is 0.500. The Hall–Kier alpha value is -1.39. The maximum absolute atomic E-state index is 11.2. The van der Waals surface area contributed by atoms with Crippen LogP contribution in [0.4, 0.5) is 0 Å². The first-order valence-electron chi connectivity index (χ1n) is 6.46. The fourth-order valence-corrected chi connectivity index (χ4v) is 2.45. The summed E-state index contributed by atoms with van der Waals surface area (Å²) in [7, 11) is 0. The third kappa shape index (κ3) is 2.89. The van der Waals surface area contributed by atoms with Crippen molar-refractivity contribution in [1.29, 1.82) is 0 Å². The first-order valence-corrected chi connectivity index (χ1v) is 6.46. The standard InChI is InChI=1S/C14H20N2O2/c1-2-11-5-3-4-6-12(11)10-16-8-7-15-9-13(16)14(17)18/h3-6,13,15H,2,7-10H2,1H3,(H,17,18). The summed E-state index contributed by atoms with van der Waals surface area (Å²) in [5.41, 5.74) is 2.55. The highest BCUT2D eigenvalue weighted by atomic mass is 16.4. The fourth-order valence-electron chi connectivity index (χ4n) is 2.45. The monoisotopic (exact) mass is 248 g/mol. The maximum atomic E-state index is 11.2. The number of benzene rings is 1. The topological polar surface area (TPSA) is 52.6 Å². The van der Waals surface area contributed by atoms with Crippen LogP contribution in [0.2, 0.25) is 0 Å². The van der Waals surface area contributed by atoms with Gasteiger partial charge in [0.1, 0.15) is 6.04 Å². The molecule has 1 saturated heterocycles. The Bertz CT molecular complexity index is 420. The summed E-state index contributed by atoms with van der Waals surface area (Å²) in [6.45, 7) is 5.03. The van der Waals surface area contributed by atoms with E-state index >= 15 is 0 Å². The van der Waals surface area contributed by atoms with Crippen molar-refractivity contribution < 1.29 is 9.90 Å². The molecular weight excluding hydrogens is 228 g/mol. The quantitative estimate of drug-likeness (QED) is 0.838. The SMILES string of the molecule is CCc1ccccc1CN1CCNCC1C(=O)O. The van der Waals surface area contributed by atoms with Gasteiger partial charge in [-0.2, -0.15) is 0 Å². The highest BCUT2D eigenvalue weighted by molar-refractivity contribution is 5.74. The smallest absolute Gasteiger partial charge is 0.322 e. The molecule has 98 valence electrons. The number of carboxylic acids is 1. The molecule has 1 aromatic carbocycles. The van der Waals surface area contributed by atoms with E-state index in [2.05, 4.69) is 24.4 Å². The number of nitrogens with zero attached hydrogens (tertiary/aromatic N) is 1. The summed E-state index contributed by atoms with van der Waals surface area (Å²) in [6.07, 6.45) is 0.986. The lowest BCUT2D eigenvalue weighted by Crippen LogP contribution is -2.54. The average molecular weight is 248 g/mol. The van der Waals surface area contributed by atoms with Gasteiger partial charge in [0.2, 0.25) is 0 Å². The lowest BCUT2D eigenvalue weighted by atomic mass is 10.0. The third-order valence-electron chi connectivity index (χ3n) is 3.51. The van der Waals surface area contributed by atoms with Crippen LogP contribution in [0.25, 0.3) is 0 Å². The molecule has 1 heterocycles. The maximum Gasteiger partial charge on any atom is 0.322 e. The molecule has 1 unspecified atom stereocenters. The lowest BCUT2D eigenvalue weighted by Gasteiger charge is -2.33. The molecule has 0 spiro atoms. The molecule has 1 aromatic rings. The molecule has 0 bridgehead atoms. The number of piperazine rings is 1. The number of aliphatic carboxylic acids is 1. The normalized spacial score (nSPS) is 20.8. The zero-order valence-corrected chi connectivity index (χ0v) is 10.7. The molecule has 0 aromatic heterocycles. The van der Waals surface area contributed by atoms with Crippen molar-refractivity contribution in [2.75, 3.05) is 19.6 Å². The summed E-state index contributed by atoms with van der Waals surface area (Å²) in [6, 6.07) is 7.86. The van der Waals surface area contributed by atoms with Crippen molar-refractivity contribution in [3.8, 4) is 0 Å². The number of carboxylic acid groups (broad SMARTS) is 1. The van der Waals surface area contributed by atoms with Crippen molar-refractivity contribution in [2.45, 2.75) is 25.9 Å². The Kier molecular flexibility index (Phi) is 4.33. The van der Waals surface area contributed by atoms with E-state index in [1.807, 2.05) is 17.0 Å². The molecule has 4 heteroatoms. The summed E-state index contributed by atoms with van der Waals surface area (Å²) < 4.78 is 0. The van der Waals surface area contributed by atoms with Gasteiger partial charge in [-0.05, 0) is 17.5 Å². The lowest BCUT2D eigenvalue weighted by molar-refractivity contribution is -0.144. The second kappa shape index (κ2) is 5.98. The van der Waals surface area contributed by atoms with Gasteiger partial charge in [0, 0.05) is 26.2 Å². The molecule has 18 heavy (non-hydrogen) atoms. The van der Waals surface area contributed by atoms with E-state index in [0.29, 0.717) is 6.54 Å². The second-order valence-corrected chi connectivity index (χ2v) is 4.65. The Morgan fingerprint density at radius 2 is 2.17 bits per heavy atom. The summed E-state index contributed by atoms with van der Waals surface area (Å²) >= 11 is 0. The van der Waals surface area contributed by atoms with Crippen molar-refractivity contribution in [3.05, 3.63) is 35.4 Å². The van der Waals surface area contributed by atoms with Crippen LogP contribution >= 0.6 is 0 Å². The Labute approximate surface area is 108 Å². The van der Waals surface area contributed by atoms with Gasteiger partial charge in [-0.1, -0.05) is 31.2 Å². The molecule has 1 aliphatic rings. The first kappa shape index (κ1) is 13.1. The predicted octanol–water partition coefficient (Wildman–Crippen LogP) is 1.11. The van der Waals surface area contributed by atoms with Crippen molar-refractivity contribution in [2.24, 2.45) is 0 Å². The van der Waals surface area contributed by atoms with E-state index in [-0.39, 0.29) is 0 Å². The Morgan fingerprint density at radius 1 is 1.44 bits per heavy atom. The van der Waals surface area contributed by atoms with Crippen LogP contribution in [-0.2, 0) is 17.8 Å². The molecule has 2 rings (SSSR count). The Balaban J connectivity index is 2.13. The molecule has 2 N–H and O–H groups in total. The van der Waals surface area contributed by atoms with Crippen molar-refractivity contribution in [1.82, 2.24) is 10.2 Å². The van der Waals surface area contributed by atoms with Crippen LogP contribution < -0.4 is 5.32 Å². The van der Waals surface area contributed by atoms with Gasteiger partial charge < -0.3 is 10.4 Å². The third-order valence-corrected chi connectivity index (χ3v) is 3.51. The summed E-state index contributed by atoms with van der Waals surface area (Å²) in [5.74, 6) is -0.740. The van der Waals surface area contributed by atoms with Gasteiger partial charge in [0.15, 0.2) is 0 Å². The number of hydrogen-bond acceptors (Lipinski definition) is 3. The molecule has 0 saturated carbocycles. The van der Waals surface area contributed by atoms with E-state index in [0.717, 1.165) is 26.1 Å². The van der Waals surface area contributed by atoms with E-state index in [1.165, 1.54) is 11.1 Å². The van der Waals surface area contributed by atoms with Crippen LogP contribution in [-0.4, -0.2) is 41.7 Å².